The lowest BCUT2D eigenvalue weighted by Crippen LogP contribution is -2.45. The molecule has 1 fully saturated rings. The maximum atomic E-state index is 12.3. The van der Waals surface area contributed by atoms with E-state index < -0.39 is 6.10 Å². The molecule has 1 heterocycles. The summed E-state index contributed by atoms with van der Waals surface area (Å²) in [7, 11) is 0. The molecule has 3 rings (SSSR count). The lowest BCUT2D eigenvalue weighted by molar-refractivity contribution is 0.0717. The Morgan fingerprint density at radius 3 is 2.70 bits per heavy atom. The first-order valence-electron chi connectivity index (χ1n) is 7.35. The summed E-state index contributed by atoms with van der Waals surface area (Å²) < 4.78 is 0. The van der Waals surface area contributed by atoms with E-state index in [0.717, 1.165) is 50.1 Å². The van der Waals surface area contributed by atoms with Gasteiger partial charge in [0.25, 0.3) is 5.91 Å². The first kappa shape index (κ1) is 13.2. The van der Waals surface area contributed by atoms with Gasteiger partial charge in [0.1, 0.15) is 0 Å². The minimum atomic E-state index is -0.412. The van der Waals surface area contributed by atoms with Gasteiger partial charge >= 0.3 is 0 Å². The van der Waals surface area contributed by atoms with Crippen LogP contribution < -0.4 is 16.0 Å². The number of aliphatic hydroxyl groups is 1. The molecular weight excluding hydrogens is 254 g/mol. The number of rotatable bonds is 2. The number of hydrogen-bond acceptors (Lipinski definition) is 4. The van der Waals surface area contributed by atoms with E-state index in [9.17, 15) is 9.90 Å². The molecule has 1 aliphatic heterocycles. The molecule has 1 aromatic rings. The summed E-state index contributed by atoms with van der Waals surface area (Å²) in [6, 6.07) is 5.50. The van der Waals surface area contributed by atoms with Crippen LogP contribution in [0.5, 0.6) is 0 Å². The predicted octanol–water partition coefficient (Wildman–Crippen LogP) is 1.56. The molecule has 4 N–H and O–H groups in total. The topological polar surface area (TPSA) is 73.4 Å². The number of amides is 1. The highest BCUT2D eigenvalue weighted by atomic mass is 16.3. The highest BCUT2D eigenvalue weighted by Gasteiger charge is 2.25. The van der Waals surface area contributed by atoms with Crippen molar-refractivity contribution in [1.29, 1.82) is 0 Å². The van der Waals surface area contributed by atoms with Gasteiger partial charge in [0.15, 0.2) is 0 Å². The van der Waals surface area contributed by atoms with Gasteiger partial charge in [-0.1, -0.05) is 12.8 Å². The second-order valence-electron chi connectivity index (χ2n) is 5.55. The lowest BCUT2D eigenvalue weighted by atomic mass is 9.92. The van der Waals surface area contributed by atoms with Gasteiger partial charge in [0.05, 0.1) is 23.5 Å². The molecule has 108 valence electrons. The second kappa shape index (κ2) is 5.71. The Morgan fingerprint density at radius 2 is 1.90 bits per heavy atom. The first-order chi connectivity index (χ1) is 9.74. The van der Waals surface area contributed by atoms with Gasteiger partial charge < -0.3 is 21.1 Å². The number of fused-ring (bicyclic) bond motifs is 1. The summed E-state index contributed by atoms with van der Waals surface area (Å²) in [5, 5.41) is 19.4. The fourth-order valence-corrected chi connectivity index (χ4v) is 2.91. The molecule has 5 nitrogen and oxygen atoms in total. The van der Waals surface area contributed by atoms with Crippen LogP contribution in [0, 0.1) is 0 Å². The molecular formula is C15H21N3O2. The van der Waals surface area contributed by atoms with Crippen molar-refractivity contribution in [3.8, 4) is 0 Å². The lowest BCUT2D eigenvalue weighted by Gasteiger charge is -2.28. The van der Waals surface area contributed by atoms with Crippen molar-refractivity contribution in [1.82, 2.24) is 5.32 Å². The smallest absolute Gasteiger partial charge is 0.251 e. The monoisotopic (exact) mass is 275 g/mol. The molecule has 0 spiro atoms. The van der Waals surface area contributed by atoms with Crippen LogP contribution in [0.4, 0.5) is 11.4 Å². The highest BCUT2D eigenvalue weighted by molar-refractivity contribution is 5.96. The van der Waals surface area contributed by atoms with Crippen molar-refractivity contribution < 1.29 is 9.90 Å². The zero-order valence-electron chi connectivity index (χ0n) is 11.5. The molecule has 5 heteroatoms. The first-order valence-corrected chi connectivity index (χ1v) is 7.35. The normalized spacial score (nSPS) is 25.1. The molecule has 0 bridgehead atoms. The van der Waals surface area contributed by atoms with Crippen LogP contribution in [0.3, 0.4) is 0 Å². The van der Waals surface area contributed by atoms with Crippen molar-refractivity contribution in [2.45, 2.75) is 37.8 Å². The van der Waals surface area contributed by atoms with E-state index in [1.165, 1.54) is 0 Å². The van der Waals surface area contributed by atoms with Gasteiger partial charge in [-0.15, -0.1) is 0 Å². The molecule has 1 saturated carbocycles. The van der Waals surface area contributed by atoms with Crippen molar-refractivity contribution >= 4 is 17.3 Å². The van der Waals surface area contributed by atoms with E-state index in [2.05, 4.69) is 16.0 Å². The average Bonchev–Trinajstić information content (AvgIpc) is 2.49. The summed E-state index contributed by atoms with van der Waals surface area (Å²) >= 11 is 0. The fraction of sp³-hybridized carbons (Fsp3) is 0.533. The van der Waals surface area contributed by atoms with Gasteiger partial charge in [-0.25, -0.2) is 0 Å². The Hall–Kier alpha value is -1.75. The van der Waals surface area contributed by atoms with Crippen LogP contribution in [0.25, 0.3) is 0 Å². The molecule has 20 heavy (non-hydrogen) atoms. The van der Waals surface area contributed by atoms with E-state index in [-0.39, 0.29) is 11.9 Å². The van der Waals surface area contributed by atoms with Gasteiger partial charge in [-0.3, -0.25) is 4.79 Å². The third-order valence-electron chi connectivity index (χ3n) is 4.08. The maximum Gasteiger partial charge on any atom is 0.251 e. The van der Waals surface area contributed by atoms with Crippen molar-refractivity contribution in [2.75, 3.05) is 23.7 Å². The zero-order valence-corrected chi connectivity index (χ0v) is 11.5. The fourth-order valence-electron chi connectivity index (χ4n) is 2.91. The largest absolute Gasteiger partial charge is 0.391 e. The third-order valence-corrected chi connectivity index (χ3v) is 4.08. The van der Waals surface area contributed by atoms with Crippen molar-refractivity contribution in [2.24, 2.45) is 0 Å². The summed E-state index contributed by atoms with van der Waals surface area (Å²) in [5.74, 6) is -0.105. The molecule has 1 aliphatic carbocycles. The van der Waals surface area contributed by atoms with Gasteiger partial charge in [-0.05, 0) is 31.0 Å². The molecule has 1 amide bonds. The average molecular weight is 275 g/mol. The van der Waals surface area contributed by atoms with E-state index in [4.69, 9.17) is 0 Å². The van der Waals surface area contributed by atoms with Crippen LogP contribution in [-0.2, 0) is 0 Å². The Bertz CT molecular complexity index is 504. The minimum absolute atomic E-state index is 0.105. The van der Waals surface area contributed by atoms with Crippen LogP contribution >= 0.6 is 0 Å². The Labute approximate surface area is 118 Å². The SMILES string of the molecule is O=C(NC1CCCCC1O)c1ccc2c(c1)NCCN2. The summed E-state index contributed by atoms with van der Waals surface area (Å²) in [5.41, 5.74) is 2.64. The molecule has 2 aliphatic rings. The minimum Gasteiger partial charge on any atom is -0.391 e. The predicted molar refractivity (Wildman–Crippen MR) is 79.2 cm³/mol. The van der Waals surface area contributed by atoms with Crippen molar-refractivity contribution in [3.05, 3.63) is 23.8 Å². The molecule has 0 radical (unpaired) electrons. The standard InChI is InChI=1S/C15H21N3O2/c19-14-4-2-1-3-12(14)18-15(20)10-5-6-11-13(9-10)17-8-7-16-11/h5-6,9,12,14,16-17,19H,1-4,7-8H2,(H,18,20). The van der Waals surface area contributed by atoms with Crippen LogP contribution in [0.1, 0.15) is 36.0 Å². The number of anilines is 2. The van der Waals surface area contributed by atoms with Crippen LogP contribution in [-0.4, -0.2) is 36.2 Å². The van der Waals surface area contributed by atoms with E-state index >= 15 is 0 Å². The molecule has 0 saturated heterocycles. The van der Waals surface area contributed by atoms with Crippen molar-refractivity contribution in [3.63, 3.8) is 0 Å². The Balaban J connectivity index is 1.70. The number of benzene rings is 1. The van der Waals surface area contributed by atoms with E-state index in [0.29, 0.717) is 5.56 Å². The van der Waals surface area contributed by atoms with Gasteiger partial charge in [0.2, 0.25) is 0 Å². The molecule has 2 atom stereocenters. The highest BCUT2D eigenvalue weighted by Crippen LogP contribution is 2.25. The zero-order chi connectivity index (χ0) is 13.9. The van der Waals surface area contributed by atoms with Crippen LogP contribution in [0.15, 0.2) is 18.2 Å². The number of aliphatic hydroxyl groups excluding tert-OH is 1. The Kier molecular flexibility index (Phi) is 3.78. The number of hydrogen-bond donors (Lipinski definition) is 4. The molecule has 1 aromatic carbocycles. The van der Waals surface area contributed by atoms with E-state index in [1.807, 2.05) is 18.2 Å². The summed E-state index contributed by atoms with van der Waals surface area (Å²) in [6.45, 7) is 1.76. The Morgan fingerprint density at radius 1 is 1.15 bits per heavy atom. The second-order valence-corrected chi connectivity index (χ2v) is 5.55. The quantitative estimate of drug-likeness (QED) is 0.661. The van der Waals surface area contributed by atoms with Gasteiger partial charge in [0, 0.05) is 18.7 Å². The number of carbonyl (C=O) groups excluding carboxylic acids is 1. The van der Waals surface area contributed by atoms with Crippen LogP contribution in [0.2, 0.25) is 0 Å². The number of carbonyl (C=O) groups is 1. The van der Waals surface area contributed by atoms with E-state index in [1.54, 1.807) is 0 Å². The van der Waals surface area contributed by atoms with Gasteiger partial charge in [-0.2, -0.15) is 0 Å². The third kappa shape index (κ3) is 2.72. The maximum absolute atomic E-state index is 12.3. The molecule has 2 unspecified atom stereocenters. The molecule has 0 aromatic heterocycles. The number of nitrogens with one attached hydrogen (secondary N) is 3. The summed E-state index contributed by atoms with van der Waals surface area (Å²) in [4.78, 5) is 12.3. The summed E-state index contributed by atoms with van der Waals surface area (Å²) in [6.07, 6.45) is 3.34.